The highest BCUT2D eigenvalue weighted by atomic mass is 16.2. The van der Waals surface area contributed by atoms with E-state index < -0.39 is 0 Å². The van der Waals surface area contributed by atoms with Gasteiger partial charge in [0.1, 0.15) is 5.82 Å². The Bertz CT molecular complexity index is 697. The number of aryl methyl sites for hydroxylation is 1. The summed E-state index contributed by atoms with van der Waals surface area (Å²) >= 11 is 0. The summed E-state index contributed by atoms with van der Waals surface area (Å²) in [5, 5.41) is 0. The van der Waals surface area contributed by atoms with E-state index in [1.54, 1.807) is 4.90 Å². The molecule has 2 heterocycles. The van der Waals surface area contributed by atoms with Crippen molar-refractivity contribution in [2.75, 3.05) is 32.1 Å². The highest BCUT2D eigenvalue weighted by Gasteiger charge is 2.31. The van der Waals surface area contributed by atoms with Gasteiger partial charge in [0.15, 0.2) is 5.82 Å². The largest absolute Gasteiger partial charge is 0.308 e. The van der Waals surface area contributed by atoms with Crippen molar-refractivity contribution in [3.63, 3.8) is 0 Å². The number of carbonyl (C=O) groups excluding carboxylic acids is 1. The van der Waals surface area contributed by atoms with Crippen molar-refractivity contribution in [2.24, 2.45) is 0 Å². The minimum Gasteiger partial charge on any atom is -0.308 e. The Balaban J connectivity index is 2.00. The Kier molecular flexibility index (Phi) is 3.90. The zero-order chi connectivity index (χ0) is 15.7. The van der Waals surface area contributed by atoms with Gasteiger partial charge in [-0.25, -0.2) is 9.97 Å². The van der Waals surface area contributed by atoms with Crippen LogP contribution in [0.1, 0.15) is 11.3 Å². The van der Waals surface area contributed by atoms with E-state index in [1.165, 1.54) is 0 Å². The predicted octanol–water partition coefficient (Wildman–Crippen LogP) is 1.90. The average Bonchev–Trinajstić information content (AvgIpc) is 2.82. The molecule has 1 amide bonds. The number of carbonyl (C=O) groups is 1. The van der Waals surface area contributed by atoms with Crippen LogP contribution in [0, 0.1) is 6.92 Å². The van der Waals surface area contributed by atoms with Crippen LogP contribution >= 0.6 is 0 Å². The monoisotopic (exact) mass is 296 g/mol. The average molecular weight is 296 g/mol. The lowest BCUT2D eigenvalue weighted by molar-refractivity contribution is -0.117. The number of anilines is 1. The molecule has 0 aliphatic carbocycles. The molecule has 0 atom stereocenters. The van der Waals surface area contributed by atoms with Gasteiger partial charge in [-0.1, -0.05) is 30.3 Å². The molecule has 2 aromatic rings. The number of amides is 1. The summed E-state index contributed by atoms with van der Waals surface area (Å²) in [7, 11) is 4.00. The summed E-state index contributed by atoms with van der Waals surface area (Å²) in [6.07, 6.45) is 0.406. The third kappa shape index (κ3) is 2.72. The Morgan fingerprint density at radius 1 is 1.18 bits per heavy atom. The van der Waals surface area contributed by atoms with E-state index in [-0.39, 0.29) is 5.91 Å². The van der Waals surface area contributed by atoms with Crippen molar-refractivity contribution < 1.29 is 4.79 Å². The van der Waals surface area contributed by atoms with Crippen LogP contribution in [0.3, 0.4) is 0 Å². The van der Waals surface area contributed by atoms with Gasteiger partial charge >= 0.3 is 0 Å². The highest BCUT2D eigenvalue weighted by molar-refractivity contribution is 6.00. The first kappa shape index (κ1) is 14.7. The third-order valence-electron chi connectivity index (χ3n) is 3.88. The minimum atomic E-state index is 0.111. The Labute approximate surface area is 130 Å². The van der Waals surface area contributed by atoms with Crippen LogP contribution < -0.4 is 4.90 Å². The molecule has 0 unspecified atom stereocenters. The number of aromatic nitrogens is 2. The maximum absolute atomic E-state index is 12.3. The molecule has 1 aromatic carbocycles. The van der Waals surface area contributed by atoms with Crippen LogP contribution in [0.2, 0.25) is 0 Å². The van der Waals surface area contributed by atoms with Crippen molar-refractivity contribution >= 4 is 11.7 Å². The van der Waals surface area contributed by atoms with Crippen LogP contribution in [0.4, 0.5) is 5.82 Å². The molecule has 0 N–H and O–H groups in total. The van der Waals surface area contributed by atoms with Gasteiger partial charge in [0, 0.05) is 29.9 Å². The van der Waals surface area contributed by atoms with E-state index >= 15 is 0 Å². The molecule has 1 aliphatic heterocycles. The zero-order valence-electron chi connectivity index (χ0n) is 13.2. The van der Waals surface area contributed by atoms with E-state index in [4.69, 9.17) is 0 Å². The number of hydrogen-bond acceptors (Lipinski definition) is 4. The fourth-order valence-corrected chi connectivity index (χ4v) is 2.62. The second-order valence-electron chi connectivity index (χ2n) is 5.83. The molecule has 1 aliphatic rings. The van der Waals surface area contributed by atoms with Gasteiger partial charge in [0.05, 0.1) is 6.42 Å². The molecule has 0 bridgehead atoms. The molecular weight excluding hydrogens is 276 g/mol. The van der Waals surface area contributed by atoms with E-state index in [2.05, 4.69) is 14.9 Å². The standard InChI is InChI=1S/C17H20N4O/c1-12-14-11-15(22)21(10-9-20(2)3)17(14)19-16(18-12)13-7-5-4-6-8-13/h4-8H,9-11H2,1-3H3. The van der Waals surface area contributed by atoms with Gasteiger partial charge < -0.3 is 4.90 Å². The smallest absolute Gasteiger partial charge is 0.232 e. The Morgan fingerprint density at radius 2 is 1.91 bits per heavy atom. The summed E-state index contributed by atoms with van der Waals surface area (Å²) in [6.45, 7) is 3.42. The first-order valence-electron chi connectivity index (χ1n) is 7.44. The normalized spacial score (nSPS) is 13.8. The van der Waals surface area contributed by atoms with Gasteiger partial charge in [-0.15, -0.1) is 0 Å². The topological polar surface area (TPSA) is 49.3 Å². The lowest BCUT2D eigenvalue weighted by Gasteiger charge is -2.19. The molecule has 0 spiro atoms. The number of likely N-dealkylation sites (N-methyl/N-ethyl adjacent to an activating group) is 1. The van der Waals surface area contributed by atoms with Crippen molar-refractivity contribution in [3.8, 4) is 11.4 Å². The van der Waals surface area contributed by atoms with E-state index in [0.29, 0.717) is 18.8 Å². The summed E-state index contributed by atoms with van der Waals surface area (Å²) < 4.78 is 0. The fraction of sp³-hybridized carbons (Fsp3) is 0.353. The zero-order valence-corrected chi connectivity index (χ0v) is 13.2. The van der Waals surface area contributed by atoms with Crippen molar-refractivity contribution in [1.82, 2.24) is 14.9 Å². The number of benzene rings is 1. The van der Waals surface area contributed by atoms with Gasteiger partial charge in [0.2, 0.25) is 5.91 Å². The molecule has 114 valence electrons. The number of rotatable bonds is 4. The van der Waals surface area contributed by atoms with Crippen LogP contribution in [0.25, 0.3) is 11.4 Å². The molecule has 5 nitrogen and oxygen atoms in total. The summed E-state index contributed by atoms with van der Waals surface area (Å²) in [6, 6.07) is 9.88. The fourth-order valence-electron chi connectivity index (χ4n) is 2.62. The molecule has 22 heavy (non-hydrogen) atoms. The Hall–Kier alpha value is -2.27. The quantitative estimate of drug-likeness (QED) is 0.864. The molecular formula is C17H20N4O. The molecule has 1 aromatic heterocycles. The Morgan fingerprint density at radius 3 is 2.59 bits per heavy atom. The number of nitrogens with zero attached hydrogens (tertiary/aromatic N) is 4. The lowest BCUT2D eigenvalue weighted by Crippen LogP contribution is -2.34. The summed E-state index contributed by atoms with van der Waals surface area (Å²) in [4.78, 5) is 25.4. The number of hydrogen-bond donors (Lipinski definition) is 0. The molecule has 0 saturated heterocycles. The van der Waals surface area contributed by atoms with Crippen molar-refractivity contribution in [2.45, 2.75) is 13.3 Å². The highest BCUT2D eigenvalue weighted by Crippen LogP contribution is 2.30. The lowest BCUT2D eigenvalue weighted by atomic mass is 10.1. The maximum atomic E-state index is 12.3. The molecule has 0 radical (unpaired) electrons. The summed E-state index contributed by atoms with van der Waals surface area (Å²) in [5.41, 5.74) is 2.83. The van der Waals surface area contributed by atoms with E-state index in [9.17, 15) is 4.79 Å². The van der Waals surface area contributed by atoms with Crippen LogP contribution in [-0.4, -0.2) is 48.0 Å². The maximum Gasteiger partial charge on any atom is 0.232 e. The molecule has 0 saturated carbocycles. The first-order chi connectivity index (χ1) is 10.6. The van der Waals surface area contributed by atoms with Crippen molar-refractivity contribution in [3.05, 3.63) is 41.6 Å². The predicted molar refractivity (Wildman–Crippen MR) is 86.8 cm³/mol. The van der Waals surface area contributed by atoms with Gasteiger partial charge in [-0.05, 0) is 21.0 Å². The molecule has 0 fully saturated rings. The van der Waals surface area contributed by atoms with Crippen LogP contribution in [0.5, 0.6) is 0 Å². The van der Waals surface area contributed by atoms with Crippen LogP contribution in [-0.2, 0) is 11.2 Å². The SMILES string of the molecule is Cc1nc(-c2ccccc2)nc2c1CC(=O)N2CCN(C)C. The van der Waals surface area contributed by atoms with Gasteiger partial charge in [-0.2, -0.15) is 0 Å². The van der Waals surface area contributed by atoms with E-state index in [0.717, 1.165) is 29.2 Å². The second-order valence-corrected chi connectivity index (χ2v) is 5.83. The molecule has 5 heteroatoms. The van der Waals surface area contributed by atoms with Crippen molar-refractivity contribution in [1.29, 1.82) is 0 Å². The second kappa shape index (κ2) is 5.85. The van der Waals surface area contributed by atoms with Gasteiger partial charge in [0.25, 0.3) is 0 Å². The minimum absolute atomic E-state index is 0.111. The summed E-state index contributed by atoms with van der Waals surface area (Å²) in [5.74, 6) is 1.57. The van der Waals surface area contributed by atoms with E-state index in [1.807, 2.05) is 51.4 Å². The van der Waals surface area contributed by atoms with Crippen LogP contribution in [0.15, 0.2) is 30.3 Å². The first-order valence-corrected chi connectivity index (χ1v) is 7.44. The van der Waals surface area contributed by atoms with Gasteiger partial charge in [-0.3, -0.25) is 9.69 Å². The number of fused-ring (bicyclic) bond motifs is 1. The third-order valence-corrected chi connectivity index (χ3v) is 3.88. The molecule has 3 rings (SSSR count).